The lowest BCUT2D eigenvalue weighted by atomic mass is 9.92. The van der Waals surface area contributed by atoms with E-state index in [2.05, 4.69) is 30.3 Å². The molecule has 0 amide bonds. The Labute approximate surface area is 124 Å². The highest BCUT2D eigenvalue weighted by atomic mass is 35.5. The molecule has 0 aliphatic carbocycles. The third-order valence-electron chi connectivity index (χ3n) is 3.28. The zero-order valence-corrected chi connectivity index (χ0v) is 12.3. The van der Waals surface area contributed by atoms with Crippen LogP contribution in [-0.4, -0.2) is 7.11 Å². The van der Waals surface area contributed by atoms with Gasteiger partial charge in [-0.15, -0.1) is 0 Å². The fourth-order valence-corrected chi connectivity index (χ4v) is 2.34. The standard InChI is InChI=1S/C17H16ClNO/c1-12-3-5-13(6-4-12)9-14(11-19)16-10-15(18)7-8-17(16)20-2/h3-8,10,14H,9H2,1-2H3. The molecule has 0 saturated carbocycles. The minimum absolute atomic E-state index is 0.272. The summed E-state index contributed by atoms with van der Waals surface area (Å²) >= 11 is 6.03. The molecule has 0 N–H and O–H groups in total. The molecule has 2 rings (SSSR count). The minimum atomic E-state index is -0.272. The molecule has 0 heterocycles. The van der Waals surface area contributed by atoms with Gasteiger partial charge in [-0.3, -0.25) is 0 Å². The Balaban J connectivity index is 2.31. The monoisotopic (exact) mass is 285 g/mol. The number of nitriles is 1. The van der Waals surface area contributed by atoms with Crippen molar-refractivity contribution < 1.29 is 4.74 Å². The highest BCUT2D eigenvalue weighted by molar-refractivity contribution is 6.30. The Kier molecular flexibility index (Phi) is 4.65. The summed E-state index contributed by atoms with van der Waals surface area (Å²) in [5.41, 5.74) is 3.18. The van der Waals surface area contributed by atoms with Crippen LogP contribution in [0.1, 0.15) is 22.6 Å². The van der Waals surface area contributed by atoms with Crippen molar-refractivity contribution in [2.24, 2.45) is 0 Å². The maximum Gasteiger partial charge on any atom is 0.123 e. The number of ether oxygens (including phenoxy) is 1. The van der Waals surface area contributed by atoms with E-state index < -0.39 is 0 Å². The first-order valence-electron chi connectivity index (χ1n) is 6.42. The Hall–Kier alpha value is -1.98. The first-order valence-corrected chi connectivity index (χ1v) is 6.80. The number of benzene rings is 2. The summed E-state index contributed by atoms with van der Waals surface area (Å²) in [6, 6.07) is 15.9. The molecule has 2 aromatic carbocycles. The van der Waals surface area contributed by atoms with Crippen LogP contribution in [0.3, 0.4) is 0 Å². The predicted molar refractivity (Wildman–Crippen MR) is 81.2 cm³/mol. The summed E-state index contributed by atoms with van der Waals surface area (Å²) in [7, 11) is 1.60. The Morgan fingerprint density at radius 1 is 1.20 bits per heavy atom. The van der Waals surface area contributed by atoms with Crippen molar-refractivity contribution >= 4 is 11.6 Å². The van der Waals surface area contributed by atoms with Gasteiger partial charge < -0.3 is 4.74 Å². The molecule has 2 aromatic rings. The van der Waals surface area contributed by atoms with Crippen molar-refractivity contribution in [1.82, 2.24) is 0 Å². The molecule has 20 heavy (non-hydrogen) atoms. The summed E-state index contributed by atoms with van der Waals surface area (Å²) in [6.45, 7) is 2.05. The summed E-state index contributed by atoms with van der Waals surface area (Å²) in [5.74, 6) is 0.430. The number of halogens is 1. The van der Waals surface area contributed by atoms with Crippen molar-refractivity contribution in [2.75, 3.05) is 7.11 Å². The van der Waals surface area contributed by atoms with Gasteiger partial charge in [-0.05, 0) is 37.1 Å². The summed E-state index contributed by atoms with van der Waals surface area (Å²) < 4.78 is 5.33. The van der Waals surface area contributed by atoms with Gasteiger partial charge in [0.1, 0.15) is 5.75 Å². The lowest BCUT2D eigenvalue weighted by Gasteiger charge is -2.14. The zero-order chi connectivity index (χ0) is 14.5. The maximum atomic E-state index is 9.46. The van der Waals surface area contributed by atoms with Crippen LogP contribution in [0.2, 0.25) is 5.02 Å². The van der Waals surface area contributed by atoms with Crippen LogP contribution < -0.4 is 4.74 Å². The number of hydrogen-bond acceptors (Lipinski definition) is 2. The third kappa shape index (κ3) is 3.31. The number of methoxy groups -OCH3 is 1. The van der Waals surface area contributed by atoms with Crippen molar-refractivity contribution in [2.45, 2.75) is 19.3 Å². The first-order chi connectivity index (χ1) is 9.63. The van der Waals surface area contributed by atoms with Crippen LogP contribution in [0.5, 0.6) is 5.75 Å². The average molecular weight is 286 g/mol. The Morgan fingerprint density at radius 3 is 2.50 bits per heavy atom. The molecule has 0 spiro atoms. The molecule has 1 atom stereocenters. The third-order valence-corrected chi connectivity index (χ3v) is 3.52. The van der Waals surface area contributed by atoms with E-state index >= 15 is 0 Å². The van der Waals surface area contributed by atoms with Gasteiger partial charge in [-0.1, -0.05) is 41.4 Å². The van der Waals surface area contributed by atoms with Crippen molar-refractivity contribution in [3.05, 3.63) is 64.2 Å². The minimum Gasteiger partial charge on any atom is -0.496 e. The fourth-order valence-electron chi connectivity index (χ4n) is 2.16. The summed E-state index contributed by atoms with van der Waals surface area (Å²) in [4.78, 5) is 0. The van der Waals surface area contributed by atoms with Gasteiger partial charge in [0.15, 0.2) is 0 Å². The SMILES string of the molecule is COc1ccc(Cl)cc1C(C#N)Cc1ccc(C)cc1. The van der Waals surface area contributed by atoms with Gasteiger partial charge in [-0.2, -0.15) is 5.26 Å². The lowest BCUT2D eigenvalue weighted by Crippen LogP contribution is -2.03. The first kappa shape index (κ1) is 14.4. The maximum absolute atomic E-state index is 9.46. The molecule has 102 valence electrons. The highest BCUT2D eigenvalue weighted by Gasteiger charge is 2.17. The smallest absolute Gasteiger partial charge is 0.123 e. The van der Waals surface area contributed by atoms with E-state index in [9.17, 15) is 5.26 Å². The quantitative estimate of drug-likeness (QED) is 0.828. The summed E-state index contributed by atoms with van der Waals surface area (Å²) in [5, 5.41) is 10.1. The predicted octanol–water partition coefficient (Wildman–Crippen LogP) is 4.51. The second-order valence-electron chi connectivity index (χ2n) is 4.76. The van der Waals surface area contributed by atoms with E-state index in [4.69, 9.17) is 16.3 Å². The van der Waals surface area contributed by atoms with Crippen LogP contribution in [0, 0.1) is 18.3 Å². The summed E-state index contributed by atoms with van der Waals surface area (Å²) in [6.07, 6.45) is 0.646. The number of aryl methyl sites for hydroxylation is 1. The van der Waals surface area contributed by atoms with Crippen LogP contribution in [-0.2, 0) is 6.42 Å². The Morgan fingerprint density at radius 2 is 1.90 bits per heavy atom. The molecule has 0 bridgehead atoms. The molecule has 3 heteroatoms. The molecule has 0 aromatic heterocycles. The number of nitrogens with zero attached hydrogens (tertiary/aromatic N) is 1. The fraction of sp³-hybridized carbons (Fsp3) is 0.235. The molecule has 0 aliphatic rings. The van der Waals surface area contributed by atoms with E-state index in [0.717, 1.165) is 11.1 Å². The van der Waals surface area contributed by atoms with E-state index in [0.29, 0.717) is 17.2 Å². The van der Waals surface area contributed by atoms with Gasteiger partial charge >= 0.3 is 0 Å². The second-order valence-corrected chi connectivity index (χ2v) is 5.19. The largest absolute Gasteiger partial charge is 0.496 e. The Bertz CT molecular complexity index is 628. The van der Waals surface area contributed by atoms with Gasteiger partial charge in [-0.25, -0.2) is 0 Å². The molecule has 0 fully saturated rings. The zero-order valence-electron chi connectivity index (χ0n) is 11.6. The van der Waals surface area contributed by atoms with Crippen LogP contribution >= 0.6 is 11.6 Å². The highest BCUT2D eigenvalue weighted by Crippen LogP contribution is 2.31. The molecule has 0 radical (unpaired) electrons. The van der Waals surface area contributed by atoms with E-state index in [1.807, 2.05) is 13.0 Å². The van der Waals surface area contributed by atoms with E-state index in [-0.39, 0.29) is 5.92 Å². The molecule has 2 nitrogen and oxygen atoms in total. The second kappa shape index (κ2) is 6.45. The molecule has 0 aliphatic heterocycles. The lowest BCUT2D eigenvalue weighted by molar-refractivity contribution is 0.408. The van der Waals surface area contributed by atoms with E-state index in [1.165, 1.54) is 5.56 Å². The molecule has 1 unspecified atom stereocenters. The van der Waals surface area contributed by atoms with Crippen molar-refractivity contribution in [3.63, 3.8) is 0 Å². The number of hydrogen-bond donors (Lipinski definition) is 0. The van der Waals surface area contributed by atoms with Gasteiger partial charge in [0, 0.05) is 10.6 Å². The van der Waals surface area contributed by atoms with Crippen LogP contribution in [0.4, 0.5) is 0 Å². The van der Waals surface area contributed by atoms with E-state index in [1.54, 1.807) is 19.2 Å². The molecular weight excluding hydrogens is 270 g/mol. The molecular formula is C17H16ClNO. The topological polar surface area (TPSA) is 33.0 Å². The van der Waals surface area contributed by atoms with Crippen molar-refractivity contribution in [3.8, 4) is 11.8 Å². The van der Waals surface area contributed by atoms with Crippen LogP contribution in [0.25, 0.3) is 0 Å². The van der Waals surface area contributed by atoms with Crippen LogP contribution in [0.15, 0.2) is 42.5 Å². The van der Waals surface area contributed by atoms with Gasteiger partial charge in [0.05, 0.1) is 19.1 Å². The van der Waals surface area contributed by atoms with Crippen molar-refractivity contribution in [1.29, 1.82) is 5.26 Å². The molecule has 0 saturated heterocycles. The normalized spacial score (nSPS) is 11.7. The van der Waals surface area contributed by atoms with Gasteiger partial charge in [0.2, 0.25) is 0 Å². The average Bonchev–Trinajstić information content (AvgIpc) is 2.46. The van der Waals surface area contributed by atoms with Gasteiger partial charge in [0.25, 0.3) is 0 Å². The number of rotatable bonds is 4.